The van der Waals surface area contributed by atoms with E-state index in [1.54, 1.807) is 0 Å². The number of nitrogens with one attached hydrogen (secondary N) is 2. The van der Waals surface area contributed by atoms with Crippen molar-refractivity contribution in [1.29, 1.82) is 0 Å². The Bertz CT molecular complexity index is 655. The van der Waals surface area contributed by atoms with Gasteiger partial charge in [0.05, 0.1) is 5.92 Å². The summed E-state index contributed by atoms with van der Waals surface area (Å²) in [6.07, 6.45) is 8.38. The Balaban J connectivity index is 0.00000280. The molecule has 1 saturated heterocycles. The third-order valence-electron chi connectivity index (χ3n) is 5.87. The van der Waals surface area contributed by atoms with Crippen LogP contribution in [0.25, 0.3) is 0 Å². The molecule has 1 aliphatic carbocycles. The molecule has 1 aliphatic heterocycles. The Hall–Kier alpha value is -1.79. The maximum absolute atomic E-state index is 12.6. The third-order valence-corrected chi connectivity index (χ3v) is 5.87. The number of halogens is 1. The maximum Gasteiger partial charge on any atom is 0.321 e. The number of nitrogens with zero attached hydrogens (tertiary/aromatic N) is 1. The molecule has 156 valence electrons. The first-order valence-corrected chi connectivity index (χ1v) is 10.2. The highest BCUT2D eigenvalue weighted by atomic mass is 35.5. The average molecular weight is 409 g/mol. The zero-order chi connectivity index (χ0) is 19.3. The van der Waals surface area contributed by atoms with E-state index in [0.29, 0.717) is 0 Å². The number of rotatable bonds is 3. The molecule has 2 aliphatic rings. The predicted molar refractivity (Wildman–Crippen MR) is 116 cm³/mol. The second-order valence-corrected chi connectivity index (χ2v) is 8.20. The van der Waals surface area contributed by atoms with Crippen molar-refractivity contribution < 1.29 is 9.59 Å². The van der Waals surface area contributed by atoms with Crippen LogP contribution >= 0.6 is 12.4 Å². The quantitative estimate of drug-likeness (QED) is 0.694. The third kappa shape index (κ3) is 5.85. The van der Waals surface area contributed by atoms with Gasteiger partial charge in [-0.15, -0.1) is 12.4 Å². The number of hydrogen-bond donors (Lipinski definition) is 3. The van der Waals surface area contributed by atoms with Gasteiger partial charge in [0.1, 0.15) is 0 Å². The van der Waals surface area contributed by atoms with E-state index in [4.69, 9.17) is 5.73 Å². The molecule has 2 atom stereocenters. The van der Waals surface area contributed by atoms with Crippen LogP contribution in [0.3, 0.4) is 0 Å². The van der Waals surface area contributed by atoms with E-state index in [-0.39, 0.29) is 30.3 Å². The fourth-order valence-corrected chi connectivity index (χ4v) is 4.13. The van der Waals surface area contributed by atoms with Crippen molar-refractivity contribution in [2.24, 2.45) is 11.7 Å². The molecule has 1 saturated carbocycles. The highest BCUT2D eigenvalue weighted by Gasteiger charge is 2.37. The average Bonchev–Trinajstić information content (AvgIpc) is 2.92. The van der Waals surface area contributed by atoms with Crippen molar-refractivity contribution in [3.8, 4) is 0 Å². The summed E-state index contributed by atoms with van der Waals surface area (Å²) < 4.78 is 0. The molecule has 28 heavy (non-hydrogen) atoms. The van der Waals surface area contributed by atoms with Crippen LogP contribution in [0.5, 0.6) is 0 Å². The molecule has 3 amide bonds. The van der Waals surface area contributed by atoms with Gasteiger partial charge in [-0.3, -0.25) is 4.79 Å². The van der Waals surface area contributed by atoms with Gasteiger partial charge in [-0.2, -0.15) is 0 Å². The highest BCUT2D eigenvalue weighted by molar-refractivity contribution is 5.94. The second-order valence-electron chi connectivity index (χ2n) is 8.20. The van der Waals surface area contributed by atoms with Gasteiger partial charge < -0.3 is 21.3 Å². The maximum atomic E-state index is 12.6. The standard InChI is InChI=1S/C21H32N4O2.ClH/c1-21(22)13-5-4-8-18(21)19(26)23-16-9-11-17(12-10-16)24-20(27)25-14-6-2-3-7-15-25;/h9-12,18H,2-8,13-15,22H2,1H3,(H,23,26)(H,24,27);1H. The SMILES string of the molecule is CC1(N)CCCCC1C(=O)Nc1ccc(NC(=O)N2CCCCCC2)cc1.Cl. The number of amides is 3. The van der Waals surface area contributed by atoms with Crippen molar-refractivity contribution in [1.82, 2.24) is 4.90 Å². The van der Waals surface area contributed by atoms with E-state index >= 15 is 0 Å². The van der Waals surface area contributed by atoms with Gasteiger partial charge in [0.2, 0.25) is 5.91 Å². The molecule has 0 bridgehead atoms. The highest BCUT2D eigenvalue weighted by Crippen LogP contribution is 2.32. The van der Waals surface area contributed by atoms with E-state index in [9.17, 15) is 9.59 Å². The molecule has 2 fully saturated rings. The van der Waals surface area contributed by atoms with E-state index in [1.807, 2.05) is 36.1 Å². The molecule has 7 heteroatoms. The molecule has 1 aromatic carbocycles. The van der Waals surface area contributed by atoms with Crippen LogP contribution < -0.4 is 16.4 Å². The van der Waals surface area contributed by atoms with Gasteiger partial charge in [0.15, 0.2) is 0 Å². The van der Waals surface area contributed by atoms with Crippen LogP contribution in [0.4, 0.5) is 16.2 Å². The number of benzene rings is 1. The first-order valence-electron chi connectivity index (χ1n) is 10.2. The lowest BCUT2D eigenvalue weighted by Crippen LogP contribution is -2.51. The lowest BCUT2D eigenvalue weighted by atomic mass is 9.74. The summed E-state index contributed by atoms with van der Waals surface area (Å²) in [7, 11) is 0. The summed E-state index contributed by atoms with van der Waals surface area (Å²) in [4.78, 5) is 26.9. The monoisotopic (exact) mass is 408 g/mol. The summed E-state index contributed by atoms with van der Waals surface area (Å²) in [5, 5.41) is 5.93. The summed E-state index contributed by atoms with van der Waals surface area (Å²) in [5.41, 5.74) is 7.35. The zero-order valence-electron chi connectivity index (χ0n) is 16.7. The second kappa shape index (κ2) is 10.1. The van der Waals surface area contributed by atoms with Crippen LogP contribution in [-0.2, 0) is 4.79 Å². The molecule has 0 spiro atoms. The van der Waals surface area contributed by atoms with Gasteiger partial charge in [-0.25, -0.2) is 4.79 Å². The van der Waals surface area contributed by atoms with E-state index in [1.165, 1.54) is 12.8 Å². The Morgan fingerprint density at radius 2 is 1.54 bits per heavy atom. The zero-order valence-corrected chi connectivity index (χ0v) is 17.5. The first-order chi connectivity index (χ1) is 13.0. The minimum Gasteiger partial charge on any atom is -0.326 e. The molecule has 1 heterocycles. The molecule has 4 N–H and O–H groups in total. The van der Waals surface area contributed by atoms with Crippen molar-refractivity contribution in [3.05, 3.63) is 24.3 Å². The number of hydrogen-bond acceptors (Lipinski definition) is 3. The largest absolute Gasteiger partial charge is 0.326 e. The number of anilines is 2. The summed E-state index contributed by atoms with van der Waals surface area (Å²) in [5.74, 6) is -0.172. The Labute approximate surface area is 174 Å². The topological polar surface area (TPSA) is 87.5 Å². The minimum absolute atomic E-state index is 0. The molecule has 3 rings (SSSR count). The number of carbonyl (C=O) groups is 2. The van der Waals surface area contributed by atoms with Gasteiger partial charge in [-0.05, 0) is 56.9 Å². The predicted octanol–water partition coefficient (Wildman–Crippen LogP) is 4.36. The van der Waals surface area contributed by atoms with Crippen LogP contribution in [0, 0.1) is 5.92 Å². The lowest BCUT2D eigenvalue weighted by molar-refractivity contribution is -0.122. The molecule has 0 radical (unpaired) electrons. The summed E-state index contributed by atoms with van der Waals surface area (Å²) in [6, 6.07) is 7.26. The summed E-state index contributed by atoms with van der Waals surface area (Å²) >= 11 is 0. The normalized spacial score (nSPS) is 25.2. The van der Waals surface area contributed by atoms with Crippen molar-refractivity contribution >= 4 is 35.7 Å². The Morgan fingerprint density at radius 1 is 0.964 bits per heavy atom. The number of carbonyl (C=O) groups excluding carboxylic acids is 2. The van der Waals surface area contributed by atoms with Crippen molar-refractivity contribution in [2.75, 3.05) is 23.7 Å². The fourth-order valence-electron chi connectivity index (χ4n) is 4.13. The van der Waals surface area contributed by atoms with E-state index in [2.05, 4.69) is 10.6 Å². The molecule has 0 aromatic heterocycles. The Kier molecular flexibility index (Phi) is 8.13. The molecule has 1 aromatic rings. The van der Waals surface area contributed by atoms with Gasteiger partial charge in [0, 0.05) is 30.0 Å². The molecule has 2 unspecified atom stereocenters. The van der Waals surface area contributed by atoms with E-state index < -0.39 is 5.54 Å². The smallest absolute Gasteiger partial charge is 0.321 e. The van der Waals surface area contributed by atoms with Crippen molar-refractivity contribution in [2.45, 2.75) is 63.8 Å². The minimum atomic E-state index is -0.441. The number of likely N-dealkylation sites (tertiary alicyclic amines) is 1. The van der Waals surface area contributed by atoms with Crippen LogP contribution in [-0.4, -0.2) is 35.5 Å². The van der Waals surface area contributed by atoms with Gasteiger partial charge in [-0.1, -0.05) is 25.7 Å². The number of urea groups is 1. The number of nitrogens with two attached hydrogens (primary N) is 1. The van der Waals surface area contributed by atoms with Crippen LogP contribution in [0.15, 0.2) is 24.3 Å². The molecule has 6 nitrogen and oxygen atoms in total. The Morgan fingerprint density at radius 3 is 2.11 bits per heavy atom. The van der Waals surface area contributed by atoms with Gasteiger partial charge >= 0.3 is 6.03 Å². The van der Waals surface area contributed by atoms with Gasteiger partial charge in [0.25, 0.3) is 0 Å². The summed E-state index contributed by atoms with van der Waals surface area (Å²) in [6.45, 7) is 3.61. The van der Waals surface area contributed by atoms with Crippen LogP contribution in [0.2, 0.25) is 0 Å². The first kappa shape index (κ1) is 22.5. The lowest BCUT2D eigenvalue weighted by Gasteiger charge is -2.37. The van der Waals surface area contributed by atoms with Crippen molar-refractivity contribution in [3.63, 3.8) is 0 Å². The van der Waals surface area contributed by atoms with Crippen LogP contribution in [0.1, 0.15) is 58.3 Å². The molecular weight excluding hydrogens is 376 g/mol. The fraction of sp³-hybridized carbons (Fsp3) is 0.619. The molecular formula is C21H33ClN4O2. The van der Waals surface area contributed by atoms with E-state index in [0.717, 1.165) is 63.0 Å².